The van der Waals surface area contributed by atoms with Crippen LogP contribution in [0.4, 0.5) is 5.82 Å². The Morgan fingerprint density at radius 2 is 2.04 bits per heavy atom. The zero-order chi connectivity index (χ0) is 15.5. The van der Waals surface area contributed by atoms with Crippen LogP contribution in [-0.4, -0.2) is 34.7 Å². The van der Waals surface area contributed by atoms with Crippen LogP contribution in [0, 0.1) is 0 Å². The number of rotatable bonds is 3. The summed E-state index contributed by atoms with van der Waals surface area (Å²) >= 11 is 0. The minimum Gasteiger partial charge on any atom is -0.368 e. The third kappa shape index (κ3) is 3.27. The Morgan fingerprint density at radius 1 is 1.13 bits per heavy atom. The van der Waals surface area contributed by atoms with Gasteiger partial charge in [-0.25, -0.2) is 0 Å². The molecule has 4 rings (SSSR count). The molecule has 0 aliphatic carbocycles. The van der Waals surface area contributed by atoms with E-state index in [1.165, 1.54) is 55.5 Å². The minimum absolute atomic E-state index is 0.601. The summed E-state index contributed by atoms with van der Waals surface area (Å²) in [6.45, 7) is 4.47. The van der Waals surface area contributed by atoms with Gasteiger partial charge in [0.2, 0.25) is 0 Å². The van der Waals surface area contributed by atoms with Crippen molar-refractivity contribution in [2.24, 2.45) is 0 Å². The number of aromatic nitrogens is 2. The van der Waals surface area contributed by atoms with Crippen molar-refractivity contribution >= 4 is 5.82 Å². The Kier molecular flexibility index (Phi) is 4.33. The van der Waals surface area contributed by atoms with Crippen LogP contribution in [0.25, 0.3) is 0 Å². The number of piperidine rings is 1. The quantitative estimate of drug-likeness (QED) is 0.911. The third-order valence-electron chi connectivity index (χ3n) is 5.21. The van der Waals surface area contributed by atoms with E-state index in [4.69, 9.17) is 0 Å². The molecule has 23 heavy (non-hydrogen) atoms. The van der Waals surface area contributed by atoms with Gasteiger partial charge in [-0.3, -0.25) is 10.00 Å². The SMILES string of the molecule is c1ccc(CN2CCCC(c3[nH]nc4c3CCCCN4)C2)cc1. The van der Waals surface area contributed by atoms with Crippen LogP contribution in [0.1, 0.15) is 48.4 Å². The van der Waals surface area contributed by atoms with Gasteiger partial charge in [-0.2, -0.15) is 5.10 Å². The molecule has 3 heterocycles. The summed E-state index contributed by atoms with van der Waals surface area (Å²) in [4.78, 5) is 2.60. The molecule has 1 aromatic carbocycles. The van der Waals surface area contributed by atoms with Crippen LogP contribution in [0.5, 0.6) is 0 Å². The zero-order valence-electron chi connectivity index (χ0n) is 13.7. The molecule has 122 valence electrons. The molecule has 0 bridgehead atoms. The standard InChI is InChI=1S/C19H26N4/c1-2-7-15(8-3-1)13-23-12-6-9-16(14-23)18-17-10-4-5-11-20-19(17)22-21-18/h1-3,7-8,16H,4-6,9-14H2,(H2,20,21,22). The molecule has 2 aliphatic rings. The van der Waals surface area contributed by atoms with E-state index in [0.29, 0.717) is 5.92 Å². The number of fused-ring (bicyclic) bond motifs is 1. The molecule has 2 aliphatic heterocycles. The molecular weight excluding hydrogens is 284 g/mol. The van der Waals surface area contributed by atoms with Gasteiger partial charge < -0.3 is 5.32 Å². The molecule has 1 aromatic heterocycles. The van der Waals surface area contributed by atoms with Crippen LogP contribution in [0.15, 0.2) is 30.3 Å². The van der Waals surface area contributed by atoms with Gasteiger partial charge in [0.15, 0.2) is 5.82 Å². The number of H-pyrrole nitrogens is 1. The highest BCUT2D eigenvalue weighted by Crippen LogP contribution is 2.33. The van der Waals surface area contributed by atoms with E-state index in [1.807, 2.05) is 0 Å². The summed E-state index contributed by atoms with van der Waals surface area (Å²) in [5.74, 6) is 1.71. The Morgan fingerprint density at radius 3 is 2.96 bits per heavy atom. The van der Waals surface area contributed by atoms with E-state index in [9.17, 15) is 0 Å². The van der Waals surface area contributed by atoms with E-state index in [0.717, 1.165) is 25.5 Å². The predicted molar refractivity (Wildman–Crippen MR) is 93.7 cm³/mol. The number of likely N-dealkylation sites (tertiary alicyclic amines) is 1. The maximum atomic E-state index is 4.55. The molecule has 1 fully saturated rings. The van der Waals surface area contributed by atoms with E-state index in [2.05, 4.69) is 50.7 Å². The number of anilines is 1. The van der Waals surface area contributed by atoms with Crippen LogP contribution in [0.3, 0.4) is 0 Å². The molecule has 1 unspecified atom stereocenters. The fourth-order valence-corrected chi connectivity index (χ4v) is 4.03. The normalized spacial score (nSPS) is 22.2. The van der Waals surface area contributed by atoms with Crippen molar-refractivity contribution in [1.82, 2.24) is 15.1 Å². The second-order valence-electron chi connectivity index (χ2n) is 6.91. The lowest BCUT2D eigenvalue weighted by Gasteiger charge is -2.32. The maximum absolute atomic E-state index is 4.55. The van der Waals surface area contributed by atoms with Crippen LogP contribution in [-0.2, 0) is 13.0 Å². The Bertz CT molecular complexity index is 634. The summed E-state index contributed by atoms with van der Waals surface area (Å²) in [6.07, 6.45) is 6.25. The number of aromatic amines is 1. The van der Waals surface area contributed by atoms with E-state index in [1.54, 1.807) is 0 Å². The van der Waals surface area contributed by atoms with Crippen molar-refractivity contribution in [2.75, 3.05) is 25.0 Å². The molecule has 4 nitrogen and oxygen atoms in total. The third-order valence-corrected chi connectivity index (χ3v) is 5.21. The lowest BCUT2D eigenvalue weighted by atomic mass is 9.91. The smallest absolute Gasteiger partial charge is 0.151 e. The molecule has 1 saturated heterocycles. The second-order valence-corrected chi connectivity index (χ2v) is 6.91. The fourth-order valence-electron chi connectivity index (χ4n) is 4.03. The van der Waals surface area contributed by atoms with Crippen molar-refractivity contribution in [3.8, 4) is 0 Å². The summed E-state index contributed by atoms with van der Waals surface area (Å²) in [5.41, 5.74) is 4.26. The molecule has 1 atom stereocenters. The lowest BCUT2D eigenvalue weighted by Crippen LogP contribution is -2.34. The molecule has 4 heteroatoms. The number of nitrogens with zero attached hydrogens (tertiary/aromatic N) is 2. The van der Waals surface area contributed by atoms with E-state index < -0.39 is 0 Å². The van der Waals surface area contributed by atoms with Gasteiger partial charge in [0.1, 0.15) is 0 Å². The summed E-state index contributed by atoms with van der Waals surface area (Å²) < 4.78 is 0. The van der Waals surface area contributed by atoms with Crippen molar-refractivity contribution in [3.05, 3.63) is 47.2 Å². The molecule has 2 aromatic rings. The van der Waals surface area contributed by atoms with Crippen molar-refractivity contribution in [3.63, 3.8) is 0 Å². The first kappa shape index (κ1) is 14.8. The fraction of sp³-hybridized carbons (Fsp3) is 0.526. The maximum Gasteiger partial charge on any atom is 0.151 e. The Labute approximate surface area is 138 Å². The molecule has 2 N–H and O–H groups in total. The number of hydrogen-bond acceptors (Lipinski definition) is 3. The minimum atomic E-state index is 0.601. The lowest BCUT2D eigenvalue weighted by molar-refractivity contribution is 0.198. The van der Waals surface area contributed by atoms with Crippen molar-refractivity contribution in [2.45, 2.75) is 44.6 Å². The molecule has 0 amide bonds. The van der Waals surface area contributed by atoms with Gasteiger partial charge in [-0.1, -0.05) is 30.3 Å². The first-order chi connectivity index (χ1) is 11.4. The molecule has 0 saturated carbocycles. The molecule has 0 spiro atoms. The Hall–Kier alpha value is -1.81. The van der Waals surface area contributed by atoms with Crippen LogP contribution < -0.4 is 5.32 Å². The first-order valence-corrected chi connectivity index (χ1v) is 8.97. The van der Waals surface area contributed by atoms with Crippen LogP contribution in [0.2, 0.25) is 0 Å². The number of benzene rings is 1. The monoisotopic (exact) mass is 310 g/mol. The Balaban J connectivity index is 1.48. The first-order valence-electron chi connectivity index (χ1n) is 8.97. The summed E-state index contributed by atoms with van der Waals surface area (Å²) in [6, 6.07) is 10.8. The largest absolute Gasteiger partial charge is 0.368 e. The van der Waals surface area contributed by atoms with Gasteiger partial charge in [0, 0.05) is 36.8 Å². The van der Waals surface area contributed by atoms with Gasteiger partial charge in [-0.05, 0) is 44.2 Å². The molecule has 0 radical (unpaired) electrons. The summed E-state index contributed by atoms with van der Waals surface area (Å²) in [7, 11) is 0. The van der Waals surface area contributed by atoms with Crippen molar-refractivity contribution in [1.29, 1.82) is 0 Å². The van der Waals surface area contributed by atoms with Gasteiger partial charge >= 0.3 is 0 Å². The highest BCUT2D eigenvalue weighted by molar-refractivity contribution is 5.48. The van der Waals surface area contributed by atoms with E-state index in [-0.39, 0.29) is 0 Å². The van der Waals surface area contributed by atoms with Crippen molar-refractivity contribution < 1.29 is 0 Å². The number of nitrogens with one attached hydrogen (secondary N) is 2. The van der Waals surface area contributed by atoms with Gasteiger partial charge in [-0.15, -0.1) is 0 Å². The van der Waals surface area contributed by atoms with Gasteiger partial charge in [0.05, 0.1) is 0 Å². The highest BCUT2D eigenvalue weighted by Gasteiger charge is 2.27. The topological polar surface area (TPSA) is 44.0 Å². The van der Waals surface area contributed by atoms with Crippen LogP contribution >= 0.6 is 0 Å². The predicted octanol–water partition coefficient (Wildman–Crippen LogP) is 3.54. The van der Waals surface area contributed by atoms with E-state index >= 15 is 0 Å². The molecular formula is C19H26N4. The average Bonchev–Trinajstić information content (AvgIpc) is 2.85. The van der Waals surface area contributed by atoms with Gasteiger partial charge in [0.25, 0.3) is 0 Å². The average molecular weight is 310 g/mol. The zero-order valence-corrected chi connectivity index (χ0v) is 13.7. The number of hydrogen-bond donors (Lipinski definition) is 2. The summed E-state index contributed by atoms with van der Waals surface area (Å²) in [5, 5.41) is 11.4. The second kappa shape index (κ2) is 6.75. The highest BCUT2D eigenvalue weighted by atomic mass is 15.2.